The minimum Gasteiger partial charge on any atom is -0.408 e. The number of rotatable bonds is 4. The van der Waals surface area contributed by atoms with Crippen molar-refractivity contribution in [3.05, 3.63) is 34.3 Å². The molecule has 0 saturated carbocycles. The lowest BCUT2D eigenvalue weighted by Gasteiger charge is -2.01. The van der Waals surface area contributed by atoms with Crippen LogP contribution in [-0.4, -0.2) is 18.2 Å². The van der Waals surface area contributed by atoms with Crippen molar-refractivity contribution in [1.82, 2.24) is 10.3 Å². The Morgan fingerprint density at radius 1 is 1.47 bits per heavy atom. The van der Waals surface area contributed by atoms with Gasteiger partial charge >= 0.3 is 5.76 Å². The molecule has 0 aliphatic carbocycles. The second-order valence-electron chi connectivity index (χ2n) is 3.30. The van der Waals surface area contributed by atoms with Gasteiger partial charge < -0.3 is 15.5 Å². The Labute approximate surface area is 86.3 Å². The van der Waals surface area contributed by atoms with Gasteiger partial charge in [0.1, 0.15) is 0 Å². The van der Waals surface area contributed by atoms with Gasteiger partial charge in [0.2, 0.25) is 0 Å². The van der Waals surface area contributed by atoms with Crippen LogP contribution in [0.3, 0.4) is 0 Å². The number of benzene rings is 1. The minimum atomic E-state index is -0.415. The van der Waals surface area contributed by atoms with E-state index in [1.54, 1.807) is 6.07 Å². The van der Waals surface area contributed by atoms with E-state index < -0.39 is 5.76 Å². The Hall–Kier alpha value is -1.59. The van der Waals surface area contributed by atoms with Crippen LogP contribution >= 0.6 is 0 Å². The number of aromatic amines is 1. The van der Waals surface area contributed by atoms with Gasteiger partial charge in [-0.25, -0.2) is 4.79 Å². The SMILES string of the molecule is NCNCCc1ccc2oc(=O)[nH]c2c1. The molecule has 1 aromatic heterocycles. The Kier molecular flexibility index (Phi) is 2.84. The Morgan fingerprint density at radius 2 is 2.33 bits per heavy atom. The van der Waals surface area contributed by atoms with Gasteiger partial charge in [0.15, 0.2) is 5.58 Å². The highest BCUT2D eigenvalue weighted by Crippen LogP contribution is 2.12. The molecule has 0 aliphatic heterocycles. The Morgan fingerprint density at radius 3 is 3.13 bits per heavy atom. The summed E-state index contributed by atoms with van der Waals surface area (Å²) in [4.78, 5) is 13.5. The van der Waals surface area contributed by atoms with Gasteiger partial charge in [-0.05, 0) is 24.1 Å². The van der Waals surface area contributed by atoms with E-state index in [1.807, 2.05) is 12.1 Å². The summed E-state index contributed by atoms with van der Waals surface area (Å²) in [6, 6.07) is 5.65. The van der Waals surface area contributed by atoms with Crippen molar-refractivity contribution in [2.75, 3.05) is 13.2 Å². The number of H-pyrrole nitrogens is 1. The van der Waals surface area contributed by atoms with Crippen molar-refractivity contribution >= 4 is 11.1 Å². The first-order chi connectivity index (χ1) is 7.29. The van der Waals surface area contributed by atoms with Gasteiger partial charge in [-0.3, -0.25) is 4.98 Å². The highest BCUT2D eigenvalue weighted by atomic mass is 16.4. The maximum absolute atomic E-state index is 10.9. The molecule has 15 heavy (non-hydrogen) atoms. The lowest BCUT2D eigenvalue weighted by Crippen LogP contribution is -2.24. The van der Waals surface area contributed by atoms with E-state index in [0.29, 0.717) is 12.3 Å². The second kappa shape index (κ2) is 4.29. The summed E-state index contributed by atoms with van der Waals surface area (Å²) < 4.78 is 4.90. The second-order valence-corrected chi connectivity index (χ2v) is 3.30. The van der Waals surface area contributed by atoms with Gasteiger partial charge in [-0.1, -0.05) is 6.07 Å². The molecule has 0 fully saturated rings. The molecule has 0 radical (unpaired) electrons. The molecule has 0 bridgehead atoms. The molecule has 2 aromatic rings. The number of nitrogens with one attached hydrogen (secondary N) is 2. The zero-order chi connectivity index (χ0) is 10.7. The quantitative estimate of drug-likeness (QED) is 0.493. The molecule has 1 heterocycles. The summed E-state index contributed by atoms with van der Waals surface area (Å²) in [6.45, 7) is 1.30. The van der Waals surface area contributed by atoms with E-state index in [-0.39, 0.29) is 0 Å². The predicted molar refractivity (Wildman–Crippen MR) is 57.6 cm³/mol. The summed E-state index contributed by atoms with van der Waals surface area (Å²) in [6.07, 6.45) is 0.875. The Balaban J connectivity index is 2.19. The molecule has 0 spiro atoms. The van der Waals surface area contributed by atoms with Crippen LogP contribution in [0.2, 0.25) is 0 Å². The maximum atomic E-state index is 10.9. The number of hydrogen-bond donors (Lipinski definition) is 3. The molecular weight excluding hydrogens is 194 g/mol. The highest BCUT2D eigenvalue weighted by molar-refractivity contribution is 5.72. The smallest absolute Gasteiger partial charge is 0.408 e. The lowest BCUT2D eigenvalue weighted by atomic mass is 10.1. The first-order valence-electron chi connectivity index (χ1n) is 4.82. The third-order valence-electron chi connectivity index (χ3n) is 2.22. The van der Waals surface area contributed by atoms with E-state index >= 15 is 0 Å². The standard InChI is InChI=1S/C10H13N3O2/c11-6-12-4-3-7-1-2-9-8(5-7)13-10(14)15-9/h1-2,5,12H,3-4,6,11H2,(H,13,14). The molecule has 0 saturated heterocycles. The van der Waals surface area contributed by atoms with Crippen LogP contribution in [0, 0.1) is 0 Å². The van der Waals surface area contributed by atoms with E-state index in [0.717, 1.165) is 24.0 Å². The molecule has 0 unspecified atom stereocenters. The molecule has 0 amide bonds. The summed E-state index contributed by atoms with van der Waals surface area (Å²) in [5.41, 5.74) is 7.79. The van der Waals surface area contributed by atoms with Crippen LogP contribution in [0.15, 0.2) is 27.4 Å². The summed E-state index contributed by atoms with van der Waals surface area (Å²) in [7, 11) is 0. The molecule has 5 heteroatoms. The van der Waals surface area contributed by atoms with E-state index in [2.05, 4.69) is 10.3 Å². The van der Waals surface area contributed by atoms with Crippen molar-refractivity contribution in [3.63, 3.8) is 0 Å². The van der Waals surface area contributed by atoms with Crippen molar-refractivity contribution in [2.45, 2.75) is 6.42 Å². The van der Waals surface area contributed by atoms with Crippen LogP contribution in [0.5, 0.6) is 0 Å². The molecule has 1 aromatic carbocycles. The topological polar surface area (TPSA) is 84.0 Å². The molecular formula is C10H13N3O2. The van der Waals surface area contributed by atoms with Crippen LogP contribution in [0.4, 0.5) is 0 Å². The summed E-state index contributed by atoms with van der Waals surface area (Å²) in [5, 5.41) is 3.03. The van der Waals surface area contributed by atoms with Gasteiger partial charge in [0.25, 0.3) is 0 Å². The fourth-order valence-electron chi connectivity index (χ4n) is 1.49. The molecule has 2 rings (SSSR count). The number of aromatic nitrogens is 1. The van der Waals surface area contributed by atoms with Gasteiger partial charge in [0.05, 0.1) is 5.52 Å². The molecule has 4 N–H and O–H groups in total. The normalized spacial score (nSPS) is 11.0. The zero-order valence-electron chi connectivity index (χ0n) is 8.25. The largest absolute Gasteiger partial charge is 0.417 e. The van der Waals surface area contributed by atoms with Crippen LogP contribution in [0.1, 0.15) is 5.56 Å². The van der Waals surface area contributed by atoms with Gasteiger partial charge in [-0.2, -0.15) is 0 Å². The molecule has 5 nitrogen and oxygen atoms in total. The van der Waals surface area contributed by atoms with Crippen molar-refractivity contribution in [3.8, 4) is 0 Å². The fourth-order valence-corrected chi connectivity index (χ4v) is 1.49. The van der Waals surface area contributed by atoms with Crippen LogP contribution in [-0.2, 0) is 6.42 Å². The molecule has 0 aliphatic rings. The average molecular weight is 207 g/mol. The predicted octanol–water partition coefficient (Wildman–Crippen LogP) is 0.169. The van der Waals surface area contributed by atoms with Gasteiger partial charge in [0, 0.05) is 13.2 Å². The highest BCUT2D eigenvalue weighted by Gasteiger charge is 2.01. The number of nitrogens with two attached hydrogens (primary N) is 1. The zero-order valence-corrected chi connectivity index (χ0v) is 8.25. The third kappa shape index (κ3) is 2.26. The van der Waals surface area contributed by atoms with Crippen molar-refractivity contribution in [1.29, 1.82) is 0 Å². The van der Waals surface area contributed by atoms with E-state index in [9.17, 15) is 4.79 Å². The third-order valence-corrected chi connectivity index (χ3v) is 2.22. The van der Waals surface area contributed by atoms with E-state index in [1.165, 1.54) is 0 Å². The summed E-state index contributed by atoms with van der Waals surface area (Å²) >= 11 is 0. The minimum absolute atomic E-state index is 0.415. The fraction of sp³-hybridized carbons (Fsp3) is 0.300. The number of oxazole rings is 1. The maximum Gasteiger partial charge on any atom is 0.417 e. The number of hydrogen-bond acceptors (Lipinski definition) is 4. The van der Waals surface area contributed by atoms with E-state index in [4.69, 9.17) is 10.2 Å². The monoisotopic (exact) mass is 207 g/mol. The van der Waals surface area contributed by atoms with Gasteiger partial charge in [-0.15, -0.1) is 0 Å². The van der Waals surface area contributed by atoms with Crippen LogP contribution < -0.4 is 16.8 Å². The van der Waals surface area contributed by atoms with Crippen LogP contribution in [0.25, 0.3) is 11.1 Å². The van der Waals surface area contributed by atoms with Crippen molar-refractivity contribution < 1.29 is 4.42 Å². The summed E-state index contributed by atoms with van der Waals surface area (Å²) in [5.74, 6) is -0.415. The molecule has 80 valence electrons. The Bertz CT molecular complexity index is 501. The first kappa shape index (κ1) is 9.95. The van der Waals surface area contributed by atoms with Crippen molar-refractivity contribution in [2.24, 2.45) is 5.73 Å². The molecule has 0 atom stereocenters. The number of fused-ring (bicyclic) bond motifs is 1. The lowest BCUT2D eigenvalue weighted by molar-refractivity contribution is 0.555. The average Bonchev–Trinajstić information content (AvgIpc) is 2.57. The first-order valence-corrected chi connectivity index (χ1v) is 4.82.